The molecular formula is C96H76O10S4. The van der Waals surface area contributed by atoms with Crippen molar-refractivity contribution in [2.24, 2.45) is 0 Å². The summed E-state index contributed by atoms with van der Waals surface area (Å²) in [6.07, 6.45) is 0. The first kappa shape index (κ1) is 71.2. The molecule has 0 bridgehead atoms. The average Bonchev–Trinajstić information content (AvgIpc) is 1.49. The number of hydrogen-bond acceptors (Lipinski definition) is 14. The van der Waals surface area contributed by atoms with Gasteiger partial charge < -0.3 is 48.1 Å². The number of benzene rings is 12. The fourth-order valence-corrected chi connectivity index (χ4v) is 22.2. The van der Waals surface area contributed by atoms with E-state index in [1.54, 1.807) is 79.6 Å². The van der Waals surface area contributed by atoms with Gasteiger partial charge in [0.2, 0.25) is 0 Å². The van der Waals surface area contributed by atoms with Gasteiger partial charge in [0.05, 0.1) is 77.1 Å². The third-order valence-electron chi connectivity index (χ3n) is 21.9. The molecule has 10 nitrogen and oxygen atoms in total. The van der Waals surface area contributed by atoms with Gasteiger partial charge in [-0.3, -0.25) is 0 Å². The smallest absolute Gasteiger partial charge is 0.141 e. The van der Waals surface area contributed by atoms with E-state index in [4.69, 9.17) is 37.9 Å². The molecule has 544 valence electrons. The van der Waals surface area contributed by atoms with Crippen molar-refractivity contribution in [3.63, 3.8) is 0 Å². The van der Waals surface area contributed by atoms with Gasteiger partial charge in [0.15, 0.2) is 0 Å². The molecule has 0 unspecified atom stereocenters. The van der Waals surface area contributed by atoms with E-state index in [1.165, 1.54) is 74.8 Å². The van der Waals surface area contributed by atoms with E-state index >= 15 is 0 Å². The fraction of sp³-hybridized carbons (Fsp3) is 0.125. The second kappa shape index (κ2) is 29.0. The van der Waals surface area contributed by atoms with E-state index in [-0.39, 0.29) is 0 Å². The van der Waals surface area contributed by atoms with Crippen molar-refractivity contribution in [3.8, 4) is 87.8 Å². The zero-order chi connectivity index (χ0) is 75.5. The average molecular weight is 1520 g/mol. The summed E-state index contributed by atoms with van der Waals surface area (Å²) in [5.74, 6) is 6.18. The Bertz CT molecular complexity index is 5430. The predicted molar refractivity (Wildman–Crippen MR) is 447 cm³/mol. The summed E-state index contributed by atoms with van der Waals surface area (Å²) in [5.41, 5.74) is 14.7. The molecule has 0 aliphatic heterocycles. The molecule has 0 amide bonds. The van der Waals surface area contributed by atoms with E-state index in [1.807, 2.05) is 156 Å². The van der Waals surface area contributed by atoms with Crippen molar-refractivity contribution in [2.45, 2.75) is 22.0 Å². The Kier molecular flexibility index (Phi) is 18.8. The molecule has 4 heterocycles. The molecule has 16 aromatic rings. The Morgan fingerprint density at radius 3 is 0.736 bits per heavy atom. The van der Waals surface area contributed by atoms with Crippen molar-refractivity contribution < 1.29 is 48.1 Å². The number of ether oxygens (including phenoxy) is 8. The van der Waals surface area contributed by atoms with Crippen LogP contribution in [0.2, 0.25) is 0 Å². The lowest BCUT2D eigenvalue weighted by Gasteiger charge is -2.34. The van der Waals surface area contributed by atoms with Crippen molar-refractivity contribution in [1.29, 1.82) is 0 Å². The highest BCUT2D eigenvalue weighted by molar-refractivity contribution is 7.32. The molecule has 0 spiro atoms. The van der Waals surface area contributed by atoms with E-state index in [0.29, 0.717) is 23.0 Å². The Morgan fingerprint density at radius 2 is 0.482 bits per heavy atom. The van der Waals surface area contributed by atoms with Crippen LogP contribution in [0.5, 0.6) is 46.0 Å². The molecule has 0 fully saturated rings. The van der Waals surface area contributed by atoms with E-state index in [2.05, 4.69) is 170 Å². The maximum Gasteiger partial charge on any atom is 0.141 e. The number of fused-ring (bicyclic) bond motifs is 10. The van der Waals surface area contributed by atoms with Crippen molar-refractivity contribution >= 4 is 64.1 Å². The minimum Gasteiger partial charge on any atom is -0.497 e. The van der Waals surface area contributed by atoms with Crippen molar-refractivity contribution in [2.75, 3.05) is 56.9 Å². The molecule has 110 heavy (non-hydrogen) atoms. The molecule has 2 aliphatic rings. The molecule has 14 heteroatoms. The summed E-state index contributed by atoms with van der Waals surface area (Å²) in [6, 6.07) is 103. The topological polar surface area (TPSA) is 114 Å². The highest BCUT2D eigenvalue weighted by Gasteiger charge is 2.54. The van der Waals surface area contributed by atoms with Gasteiger partial charge >= 0.3 is 0 Å². The van der Waals surface area contributed by atoms with Crippen LogP contribution >= 0.6 is 45.3 Å². The predicted octanol–water partition coefficient (Wildman–Crippen LogP) is 22.6. The Hall–Kier alpha value is -11.7. The highest BCUT2D eigenvalue weighted by Crippen LogP contribution is 2.68. The van der Waals surface area contributed by atoms with Gasteiger partial charge in [-0.15, -0.1) is 45.3 Å². The number of thiophene rings is 4. The monoisotopic (exact) mass is 1520 g/mol. The van der Waals surface area contributed by atoms with Gasteiger partial charge in [-0.05, 0) is 187 Å². The fourth-order valence-electron chi connectivity index (χ4n) is 16.6. The molecule has 4 aromatic heterocycles. The number of hydrogen-bond donors (Lipinski definition) is 2. The highest BCUT2D eigenvalue weighted by atomic mass is 32.1. The van der Waals surface area contributed by atoms with Crippen LogP contribution in [-0.2, 0) is 22.0 Å². The molecule has 0 saturated carbocycles. The first-order chi connectivity index (χ1) is 53.9. The van der Waals surface area contributed by atoms with Gasteiger partial charge in [0.25, 0.3) is 0 Å². The second-order valence-electron chi connectivity index (χ2n) is 27.2. The summed E-state index contributed by atoms with van der Waals surface area (Å²) >= 11 is 7.24. The molecule has 2 N–H and O–H groups in total. The molecular weight excluding hydrogens is 1440 g/mol. The third kappa shape index (κ3) is 11.5. The van der Waals surface area contributed by atoms with Crippen molar-refractivity contribution in [3.05, 3.63) is 381 Å². The zero-order valence-corrected chi connectivity index (χ0v) is 64.9. The molecule has 2 aliphatic carbocycles. The third-order valence-corrected chi connectivity index (χ3v) is 26.9. The van der Waals surface area contributed by atoms with Gasteiger partial charge in [0.1, 0.15) is 57.2 Å². The first-order valence-electron chi connectivity index (χ1n) is 36.0. The van der Waals surface area contributed by atoms with E-state index in [0.717, 1.165) is 86.7 Å². The van der Waals surface area contributed by atoms with E-state index < -0.39 is 22.0 Å². The summed E-state index contributed by atoms with van der Waals surface area (Å²) in [7, 11) is 13.4. The van der Waals surface area contributed by atoms with Crippen LogP contribution in [0.15, 0.2) is 303 Å². The van der Waals surface area contributed by atoms with Crippen LogP contribution in [0.1, 0.15) is 77.9 Å². The molecule has 12 aromatic carbocycles. The Balaban J connectivity index is 0.000000160. The van der Waals surface area contributed by atoms with Crippen LogP contribution in [0.3, 0.4) is 0 Å². The molecule has 0 atom stereocenters. The summed E-state index contributed by atoms with van der Waals surface area (Å²) < 4.78 is 49.4. The number of methoxy groups -OCH3 is 8. The maximum atomic E-state index is 13.0. The SMILES string of the molecule is COc1ccc(C(O)(c2ccc(OC)cc2)c2ccccc2-c2cc3sc(-c4ccccc4C(O)(c4ccc(OC)cc4)c4ccc(OC)cc4)cc3s2)cc1.COc1ccc(C2(c3ccc(OC)cc3)c3ccccc3-c3sc4c5c(sc4c32)-c2ccccc2C5(c2ccc(OC)cc2)c2ccc(OC)cc2)cc1. The lowest BCUT2D eigenvalue weighted by atomic mass is 9.67. The second-order valence-corrected chi connectivity index (χ2v) is 31.4. The van der Waals surface area contributed by atoms with Gasteiger partial charge in [-0.25, -0.2) is 0 Å². The summed E-state index contributed by atoms with van der Waals surface area (Å²) in [5, 5.41) is 25.9. The Labute approximate surface area is 655 Å². The first-order valence-corrected chi connectivity index (χ1v) is 39.3. The number of rotatable bonds is 20. The minimum absolute atomic E-state index is 0.580. The van der Waals surface area contributed by atoms with Crippen molar-refractivity contribution in [1.82, 2.24) is 0 Å². The normalized spacial score (nSPS) is 13.0. The standard InChI is InChI=1S/C48H40O6S2.C48H36O4S2/c1-51-35-21-13-31(14-22-35)47(49,32-15-23-36(52-2)24-16-32)41-11-7-5-9-39(41)43-29-45-46(55-43)30-44(56-45)40-10-6-8-12-42(40)48(50,33-17-25-37(53-3)26-18-33)34-19-27-38(54-4)28-20-34;1-49-33-21-13-29(14-22-33)47(30-15-23-34(50-2)24-16-30)39-11-7-5-9-37(39)43-41(47)45-46(53-43)42-44(54-45)38-10-6-8-12-40(38)48(42,31-17-25-35(51-3)26-18-31)32-19-27-36(52-4)28-20-32/h5-30,49-50H,1-4H3;5-28H,1-4H3. The molecule has 0 saturated heterocycles. The lowest BCUT2D eigenvalue weighted by Crippen LogP contribution is -2.29. The minimum atomic E-state index is -1.48. The van der Waals surface area contributed by atoms with Gasteiger partial charge in [-0.2, -0.15) is 0 Å². The van der Waals surface area contributed by atoms with Crippen LogP contribution in [-0.4, -0.2) is 67.1 Å². The summed E-state index contributed by atoms with van der Waals surface area (Å²) in [6.45, 7) is 0. The molecule has 18 rings (SSSR count). The zero-order valence-electron chi connectivity index (χ0n) is 61.7. The van der Waals surface area contributed by atoms with Gasteiger partial charge in [-0.1, -0.05) is 194 Å². The maximum absolute atomic E-state index is 13.0. The van der Waals surface area contributed by atoms with Crippen LogP contribution < -0.4 is 37.9 Å². The van der Waals surface area contributed by atoms with E-state index in [9.17, 15) is 10.2 Å². The quantitative estimate of drug-likeness (QED) is 0.0715. The van der Waals surface area contributed by atoms with Crippen LogP contribution in [0.4, 0.5) is 0 Å². The largest absolute Gasteiger partial charge is 0.497 e. The van der Waals surface area contributed by atoms with Gasteiger partial charge in [0, 0.05) is 51.2 Å². The Morgan fingerprint density at radius 1 is 0.255 bits per heavy atom. The van der Waals surface area contributed by atoms with Crippen LogP contribution in [0.25, 0.3) is 60.6 Å². The molecule has 0 radical (unpaired) electrons. The van der Waals surface area contributed by atoms with Crippen LogP contribution in [0, 0.1) is 0 Å². The summed E-state index contributed by atoms with van der Waals surface area (Å²) in [4.78, 5) is 4.71. The lowest BCUT2D eigenvalue weighted by molar-refractivity contribution is 0.126. The number of aliphatic hydroxyl groups is 2.